The molecule has 1 heterocycles. The molecular formula is C20H27FN2O3S. The molecule has 3 rings (SSSR count). The molecular weight excluding hydrogens is 367 g/mol. The highest BCUT2D eigenvalue weighted by molar-refractivity contribution is 7.89. The van der Waals surface area contributed by atoms with Gasteiger partial charge in [0.2, 0.25) is 15.9 Å². The minimum atomic E-state index is -3.63. The summed E-state index contributed by atoms with van der Waals surface area (Å²) < 4.78 is 39.6. The zero-order valence-corrected chi connectivity index (χ0v) is 16.3. The number of hydrogen-bond acceptors (Lipinski definition) is 3. The molecule has 1 N–H and O–H groups in total. The maximum atomic E-state index is 13.0. The highest BCUT2D eigenvalue weighted by Crippen LogP contribution is 2.24. The largest absolute Gasteiger partial charge is 0.356 e. The third-order valence-electron chi connectivity index (χ3n) is 5.41. The number of allylic oxidation sites excluding steroid dienone is 1. The van der Waals surface area contributed by atoms with E-state index >= 15 is 0 Å². The number of benzene rings is 1. The van der Waals surface area contributed by atoms with Crippen LogP contribution in [0.3, 0.4) is 0 Å². The van der Waals surface area contributed by atoms with Crippen molar-refractivity contribution in [1.82, 2.24) is 9.62 Å². The zero-order chi connectivity index (χ0) is 19.3. The van der Waals surface area contributed by atoms with Gasteiger partial charge in [-0.3, -0.25) is 4.79 Å². The molecule has 1 aromatic rings. The first-order chi connectivity index (χ1) is 13.0. The summed E-state index contributed by atoms with van der Waals surface area (Å²) in [6.07, 6.45) is 8.98. The minimum absolute atomic E-state index is 0.0187. The lowest BCUT2D eigenvalue weighted by Crippen LogP contribution is -2.43. The Morgan fingerprint density at radius 2 is 1.85 bits per heavy atom. The molecule has 1 aliphatic heterocycles. The third kappa shape index (κ3) is 5.17. The minimum Gasteiger partial charge on any atom is -0.356 e. The molecule has 0 saturated carbocycles. The van der Waals surface area contributed by atoms with E-state index in [1.54, 1.807) is 0 Å². The summed E-state index contributed by atoms with van der Waals surface area (Å²) in [4.78, 5) is 12.5. The molecule has 0 spiro atoms. The number of nitrogens with one attached hydrogen (secondary N) is 1. The number of piperidine rings is 1. The molecule has 0 radical (unpaired) electrons. The summed E-state index contributed by atoms with van der Waals surface area (Å²) >= 11 is 0. The third-order valence-corrected chi connectivity index (χ3v) is 7.32. The molecule has 148 valence electrons. The number of hydrogen-bond donors (Lipinski definition) is 1. The lowest BCUT2D eigenvalue weighted by atomic mass is 9.96. The van der Waals surface area contributed by atoms with Gasteiger partial charge in [0, 0.05) is 25.6 Å². The fraction of sp³-hybridized carbons (Fsp3) is 0.550. The topological polar surface area (TPSA) is 66.5 Å². The van der Waals surface area contributed by atoms with Crippen LogP contribution in [0.4, 0.5) is 4.39 Å². The summed E-state index contributed by atoms with van der Waals surface area (Å²) in [6, 6.07) is 4.86. The number of carbonyl (C=O) groups is 1. The van der Waals surface area contributed by atoms with Crippen LogP contribution in [0.1, 0.15) is 44.9 Å². The molecule has 1 aliphatic carbocycles. The van der Waals surface area contributed by atoms with Gasteiger partial charge in [-0.1, -0.05) is 11.6 Å². The monoisotopic (exact) mass is 394 g/mol. The standard InChI is InChI=1S/C20H27FN2O3S/c21-18-6-8-19(9-7-18)27(25,26)23-14-11-17(12-15-23)20(24)22-13-10-16-4-2-1-3-5-16/h4,6-9,17H,1-3,5,10-15H2,(H,22,24). The molecule has 1 saturated heterocycles. The molecule has 1 aromatic carbocycles. The van der Waals surface area contributed by atoms with Gasteiger partial charge < -0.3 is 5.32 Å². The Bertz CT molecular complexity index is 782. The van der Waals surface area contributed by atoms with E-state index in [0.29, 0.717) is 32.5 Å². The molecule has 0 atom stereocenters. The molecule has 7 heteroatoms. The second-order valence-corrected chi connectivity index (χ2v) is 9.22. The van der Waals surface area contributed by atoms with Gasteiger partial charge in [-0.2, -0.15) is 4.31 Å². The smallest absolute Gasteiger partial charge is 0.243 e. The van der Waals surface area contributed by atoms with E-state index < -0.39 is 15.8 Å². The Morgan fingerprint density at radius 1 is 1.15 bits per heavy atom. The molecule has 0 unspecified atom stereocenters. The van der Waals surface area contributed by atoms with Crippen LogP contribution in [0.2, 0.25) is 0 Å². The van der Waals surface area contributed by atoms with E-state index in [0.717, 1.165) is 31.4 Å². The number of halogens is 1. The van der Waals surface area contributed by atoms with E-state index in [1.165, 1.54) is 34.9 Å². The van der Waals surface area contributed by atoms with Crippen molar-refractivity contribution >= 4 is 15.9 Å². The molecule has 5 nitrogen and oxygen atoms in total. The second-order valence-electron chi connectivity index (χ2n) is 7.28. The number of carbonyl (C=O) groups excluding carboxylic acids is 1. The normalized spacial score (nSPS) is 19.5. The van der Waals surface area contributed by atoms with Crippen LogP contribution in [-0.2, 0) is 14.8 Å². The van der Waals surface area contributed by atoms with Gasteiger partial charge in [-0.15, -0.1) is 0 Å². The van der Waals surface area contributed by atoms with Crippen molar-refractivity contribution in [2.75, 3.05) is 19.6 Å². The summed E-state index contributed by atoms with van der Waals surface area (Å²) in [7, 11) is -3.63. The Morgan fingerprint density at radius 3 is 2.48 bits per heavy atom. The van der Waals surface area contributed by atoms with Crippen LogP contribution in [0.15, 0.2) is 40.8 Å². The lowest BCUT2D eigenvalue weighted by Gasteiger charge is -2.30. The van der Waals surface area contributed by atoms with Crippen LogP contribution in [-0.4, -0.2) is 38.3 Å². The summed E-state index contributed by atoms with van der Waals surface area (Å²) in [5.41, 5.74) is 1.43. The van der Waals surface area contributed by atoms with Crippen molar-refractivity contribution in [1.29, 1.82) is 0 Å². The number of sulfonamides is 1. The highest BCUT2D eigenvalue weighted by Gasteiger charge is 2.32. The molecule has 27 heavy (non-hydrogen) atoms. The van der Waals surface area contributed by atoms with Crippen molar-refractivity contribution in [3.8, 4) is 0 Å². The van der Waals surface area contributed by atoms with E-state index in [2.05, 4.69) is 11.4 Å². The average molecular weight is 395 g/mol. The zero-order valence-electron chi connectivity index (χ0n) is 15.5. The Kier molecular flexibility index (Phi) is 6.65. The molecule has 2 aliphatic rings. The lowest BCUT2D eigenvalue weighted by molar-refractivity contribution is -0.126. The number of rotatable bonds is 6. The van der Waals surface area contributed by atoms with Gasteiger partial charge in [-0.25, -0.2) is 12.8 Å². The van der Waals surface area contributed by atoms with Crippen LogP contribution >= 0.6 is 0 Å². The van der Waals surface area contributed by atoms with Crippen molar-refractivity contribution < 1.29 is 17.6 Å². The number of nitrogens with zero attached hydrogens (tertiary/aromatic N) is 1. The van der Waals surface area contributed by atoms with E-state index in [-0.39, 0.29) is 16.7 Å². The van der Waals surface area contributed by atoms with Gasteiger partial charge in [-0.05, 0) is 69.2 Å². The predicted octanol–water partition coefficient (Wildman–Crippen LogP) is 3.23. The Labute approximate surface area is 160 Å². The Balaban J connectivity index is 1.47. The van der Waals surface area contributed by atoms with Gasteiger partial charge in [0.1, 0.15) is 5.82 Å². The number of amides is 1. The molecule has 1 amide bonds. The van der Waals surface area contributed by atoms with Gasteiger partial charge in [0.05, 0.1) is 4.90 Å². The first-order valence-corrected chi connectivity index (χ1v) is 11.1. The molecule has 1 fully saturated rings. The molecule has 0 bridgehead atoms. The van der Waals surface area contributed by atoms with E-state index in [9.17, 15) is 17.6 Å². The van der Waals surface area contributed by atoms with Crippen molar-refractivity contribution in [2.24, 2.45) is 5.92 Å². The summed E-state index contributed by atoms with van der Waals surface area (Å²) in [6.45, 7) is 1.27. The average Bonchev–Trinajstić information content (AvgIpc) is 2.69. The highest BCUT2D eigenvalue weighted by atomic mass is 32.2. The van der Waals surface area contributed by atoms with Crippen molar-refractivity contribution in [3.63, 3.8) is 0 Å². The van der Waals surface area contributed by atoms with Gasteiger partial charge >= 0.3 is 0 Å². The Hall–Kier alpha value is -1.73. The maximum absolute atomic E-state index is 13.0. The van der Waals surface area contributed by atoms with Crippen LogP contribution < -0.4 is 5.32 Å². The SMILES string of the molecule is O=C(NCCC1=CCCCC1)C1CCN(S(=O)(=O)c2ccc(F)cc2)CC1. The van der Waals surface area contributed by atoms with Gasteiger partial charge in [0.25, 0.3) is 0 Å². The first-order valence-electron chi connectivity index (χ1n) is 9.68. The molecule has 0 aromatic heterocycles. The van der Waals surface area contributed by atoms with Crippen LogP contribution in [0, 0.1) is 11.7 Å². The van der Waals surface area contributed by atoms with Gasteiger partial charge in [0.15, 0.2) is 0 Å². The summed E-state index contributed by atoms with van der Waals surface area (Å²) in [5, 5.41) is 3.00. The second kappa shape index (κ2) is 8.97. The maximum Gasteiger partial charge on any atom is 0.243 e. The summed E-state index contributed by atoms with van der Waals surface area (Å²) in [5.74, 6) is -0.594. The quantitative estimate of drug-likeness (QED) is 0.754. The van der Waals surface area contributed by atoms with E-state index in [4.69, 9.17) is 0 Å². The fourth-order valence-electron chi connectivity index (χ4n) is 3.74. The van der Waals surface area contributed by atoms with Crippen molar-refractivity contribution in [2.45, 2.75) is 49.8 Å². The van der Waals surface area contributed by atoms with E-state index in [1.807, 2.05) is 0 Å². The van der Waals surface area contributed by atoms with Crippen LogP contribution in [0.25, 0.3) is 0 Å². The van der Waals surface area contributed by atoms with Crippen molar-refractivity contribution in [3.05, 3.63) is 41.7 Å². The van der Waals surface area contributed by atoms with Crippen LogP contribution in [0.5, 0.6) is 0 Å². The first kappa shape index (κ1) is 20.0. The fourth-order valence-corrected chi connectivity index (χ4v) is 5.21. The predicted molar refractivity (Wildman–Crippen MR) is 102 cm³/mol.